The summed E-state index contributed by atoms with van der Waals surface area (Å²) in [4.78, 5) is 12.0. The van der Waals surface area contributed by atoms with E-state index in [2.05, 4.69) is 5.32 Å². The lowest BCUT2D eigenvalue weighted by Gasteiger charge is -2.10. The topological polar surface area (TPSA) is 47.6 Å². The van der Waals surface area contributed by atoms with Gasteiger partial charge >= 0.3 is 0 Å². The second-order valence-electron chi connectivity index (χ2n) is 6.62. The van der Waals surface area contributed by atoms with E-state index in [1.807, 2.05) is 78.9 Å². The molecule has 1 amide bonds. The summed E-state index contributed by atoms with van der Waals surface area (Å²) in [7, 11) is 0. The first-order valence-corrected chi connectivity index (χ1v) is 9.30. The summed E-state index contributed by atoms with van der Waals surface area (Å²) in [6.07, 6.45) is 4.01. The van der Waals surface area contributed by atoms with Gasteiger partial charge in [-0.15, -0.1) is 0 Å². The lowest BCUT2D eigenvalue weighted by molar-refractivity contribution is -0.116. The third kappa shape index (κ3) is 4.60. The molecule has 1 unspecified atom stereocenters. The van der Waals surface area contributed by atoms with Crippen LogP contribution in [0.4, 0.5) is 0 Å². The average molecular weight is 371 g/mol. The summed E-state index contributed by atoms with van der Waals surface area (Å²) in [6.45, 7) is 0.460. The molecule has 0 saturated carbocycles. The van der Waals surface area contributed by atoms with Crippen LogP contribution in [0.25, 0.3) is 6.08 Å². The van der Waals surface area contributed by atoms with E-state index in [-0.39, 0.29) is 12.0 Å². The minimum absolute atomic E-state index is 0.0731. The van der Waals surface area contributed by atoms with Crippen LogP contribution in [-0.4, -0.2) is 18.6 Å². The van der Waals surface area contributed by atoms with Crippen molar-refractivity contribution in [1.82, 2.24) is 5.32 Å². The Morgan fingerprint density at radius 3 is 2.54 bits per heavy atom. The zero-order valence-electron chi connectivity index (χ0n) is 15.4. The lowest BCUT2D eigenvalue weighted by Crippen LogP contribution is -2.33. The smallest absolute Gasteiger partial charge is 0.244 e. The van der Waals surface area contributed by atoms with Crippen LogP contribution in [0.3, 0.4) is 0 Å². The molecule has 1 heterocycles. The zero-order valence-corrected chi connectivity index (χ0v) is 15.4. The molecule has 4 rings (SSSR count). The van der Waals surface area contributed by atoms with Gasteiger partial charge in [-0.25, -0.2) is 0 Å². The number of ether oxygens (including phenoxy) is 2. The van der Waals surface area contributed by atoms with Crippen LogP contribution in [0.1, 0.15) is 11.1 Å². The SMILES string of the molecule is O=C(/C=C/c1ccccc1)NCC1Cc2cc(Oc3ccccc3)ccc2O1. The van der Waals surface area contributed by atoms with Gasteiger partial charge in [-0.05, 0) is 42.0 Å². The Balaban J connectivity index is 1.30. The van der Waals surface area contributed by atoms with Crippen LogP contribution >= 0.6 is 0 Å². The number of nitrogens with one attached hydrogen (secondary N) is 1. The molecule has 28 heavy (non-hydrogen) atoms. The number of para-hydroxylation sites is 1. The summed E-state index contributed by atoms with van der Waals surface area (Å²) in [6, 6.07) is 25.2. The van der Waals surface area contributed by atoms with Crippen molar-refractivity contribution in [1.29, 1.82) is 0 Å². The fraction of sp³-hybridized carbons (Fsp3) is 0.125. The van der Waals surface area contributed by atoms with Crippen LogP contribution in [0, 0.1) is 0 Å². The number of fused-ring (bicyclic) bond motifs is 1. The number of hydrogen-bond acceptors (Lipinski definition) is 3. The zero-order chi connectivity index (χ0) is 19.2. The maximum Gasteiger partial charge on any atom is 0.244 e. The van der Waals surface area contributed by atoms with Gasteiger partial charge in [0, 0.05) is 18.1 Å². The second-order valence-corrected chi connectivity index (χ2v) is 6.62. The molecule has 0 saturated heterocycles. The first kappa shape index (κ1) is 17.9. The van der Waals surface area contributed by atoms with Crippen molar-refractivity contribution in [2.24, 2.45) is 0 Å². The first-order valence-electron chi connectivity index (χ1n) is 9.30. The van der Waals surface area contributed by atoms with Crippen molar-refractivity contribution in [3.63, 3.8) is 0 Å². The molecule has 4 heteroatoms. The van der Waals surface area contributed by atoms with Gasteiger partial charge in [0.2, 0.25) is 5.91 Å². The standard InChI is InChI=1S/C24H21NO3/c26-24(14-11-18-7-3-1-4-8-18)25-17-22-16-19-15-21(12-13-23(19)28-22)27-20-9-5-2-6-10-20/h1-15,22H,16-17H2,(H,25,26)/b14-11+. The predicted molar refractivity (Wildman–Crippen MR) is 110 cm³/mol. The Kier molecular flexibility index (Phi) is 5.38. The first-order chi connectivity index (χ1) is 13.8. The Labute approximate surface area is 164 Å². The van der Waals surface area contributed by atoms with Crippen LogP contribution < -0.4 is 14.8 Å². The van der Waals surface area contributed by atoms with E-state index in [0.717, 1.165) is 34.8 Å². The van der Waals surface area contributed by atoms with E-state index in [4.69, 9.17) is 9.47 Å². The van der Waals surface area contributed by atoms with Gasteiger partial charge in [0.1, 0.15) is 23.4 Å². The summed E-state index contributed by atoms with van der Waals surface area (Å²) in [5, 5.41) is 2.90. The average Bonchev–Trinajstić information content (AvgIpc) is 3.14. The van der Waals surface area contributed by atoms with E-state index in [0.29, 0.717) is 6.54 Å². The molecule has 3 aromatic rings. The fourth-order valence-corrected chi connectivity index (χ4v) is 3.11. The number of rotatable bonds is 6. The minimum atomic E-state index is -0.128. The van der Waals surface area contributed by atoms with E-state index >= 15 is 0 Å². The Morgan fingerprint density at radius 1 is 1.00 bits per heavy atom. The Bertz CT molecular complexity index is 968. The molecule has 0 aromatic heterocycles. The number of carbonyl (C=O) groups excluding carboxylic acids is 1. The lowest BCUT2D eigenvalue weighted by atomic mass is 10.1. The highest BCUT2D eigenvalue weighted by Gasteiger charge is 2.23. The van der Waals surface area contributed by atoms with E-state index < -0.39 is 0 Å². The molecule has 0 radical (unpaired) electrons. The summed E-state index contributed by atoms with van der Waals surface area (Å²) >= 11 is 0. The van der Waals surface area contributed by atoms with Crippen molar-refractivity contribution in [3.05, 3.63) is 96.1 Å². The molecule has 3 aromatic carbocycles. The maximum atomic E-state index is 12.0. The highest BCUT2D eigenvalue weighted by atomic mass is 16.5. The third-order valence-electron chi connectivity index (χ3n) is 4.48. The molecule has 0 aliphatic carbocycles. The highest BCUT2D eigenvalue weighted by Crippen LogP contribution is 2.33. The van der Waals surface area contributed by atoms with Gasteiger partial charge in [-0.1, -0.05) is 48.5 Å². The van der Waals surface area contributed by atoms with Crippen molar-refractivity contribution >= 4 is 12.0 Å². The molecule has 1 atom stereocenters. The van der Waals surface area contributed by atoms with Gasteiger partial charge < -0.3 is 14.8 Å². The van der Waals surface area contributed by atoms with E-state index in [1.54, 1.807) is 12.2 Å². The molecule has 140 valence electrons. The largest absolute Gasteiger partial charge is 0.488 e. The van der Waals surface area contributed by atoms with Crippen LogP contribution in [0.2, 0.25) is 0 Å². The normalized spacial score (nSPS) is 15.1. The quantitative estimate of drug-likeness (QED) is 0.644. The maximum absolute atomic E-state index is 12.0. The van der Waals surface area contributed by atoms with Crippen LogP contribution in [0.15, 0.2) is 84.9 Å². The van der Waals surface area contributed by atoms with Crippen molar-refractivity contribution in [3.8, 4) is 17.2 Å². The molecule has 4 nitrogen and oxygen atoms in total. The molecular formula is C24H21NO3. The molecule has 1 N–H and O–H groups in total. The highest BCUT2D eigenvalue weighted by molar-refractivity contribution is 5.91. The summed E-state index contributed by atoms with van der Waals surface area (Å²) < 4.78 is 11.8. The monoisotopic (exact) mass is 371 g/mol. The summed E-state index contributed by atoms with van der Waals surface area (Å²) in [5.74, 6) is 2.30. The predicted octanol–water partition coefficient (Wildman–Crippen LogP) is 4.61. The number of carbonyl (C=O) groups is 1. The molecule has 1 aliphatic heterocycles. The van der Waals surface area contributed by atoms with Crippen LogP contribution in [0.5, 0.6) is 17.2 Å². The Morgan fingerprint density at radius 2 is 1.75 bits per heavy atom. The molecular weight excluding hydrogens is 350 g/mol. The number of hydrogen-bond donors (Lipinski definition) is 1. The molecule has 0 bridgehead atoms. The minimum Gasteiger partial charge on any atom is -0.488 e. The van der Waals surface area contributed by atoms with Crippen molar-refractivity contribution in [2.45, 2.75) is 12.5 Å². The third-order valence-corrected chi connectivity index (χ3v) is 4.48. The van der Waals surface area contributed by atoms with Crippen molar-refractivity contribution in [2.75, 3.05) is 6.54 Å². The molecule has 0 spiro atoms. The number of benzene rings is 3. The van der Waals surface area contributed by atoms with Crippen LogP contribution in [-0.2, 0) is 11.2 Å². The Hall–Kier alpha value is -3.53. The van der Waals surface area contributed by atoms with Gasteiger partial charge in [-0.3, -0.25) is 4.79 Å². The fourth-order valence-electron chi connectivity index (χ4n) is 3.11. The van der Waals surface area contributed by atoms with Gasteiger partial charge in [0.15, 0.2) is 0 Å². The van der Waals surface area contributed by atoms with Gasteiger partial charge in [0.05, 0.1) is 6.54 Å². The van der Waals surface area contributed by atoms with E-state index in [1.165, 1.54) is 0 Å². The molecule has 0 fully saturated rings. The van der Waals surface area contributed by atoms with Gasteiger partial charge in [0.25, 0.3) is 0 Å². The number of amides is 1. The van der Waals surface area contributed by atoms with Crippen molar-refractivity contribution < 1.29 is 14.3 Å². The van der Waals surface area contributed by atoms with Gasteiger partial charge in [-0.2, -0.15) is 0 Å². The molecule has 1 aliphatic rings. The summed E-state index contributed by atoms with van der Waals surface area (Å²) in [5.41, 5.74) is 2.08. The van der Waals surface area contributed by atoms with E-state index in [9.17, 15) is 4.79 Å². The second kappa shape index (κ2) is 8.44.